The van der Waals surface area contributed by atoms with Gasteiger partial charge in [0.1, 0.15) is 22.5 Å². The molecule has 1 aliphatic rings. The molecule has 1 atom stereocenters. The van der Waals surface area contributed by atoms with E-state index in [1.54, 1.807) is 48.5 Å². The van der Waals surface area contributed by atoms with Gasteiger partial charge in [-0.15, -0.1) is 0 Å². The van der Waals surface area contributed by atoms with Crippen LogP contribution in [-0.2, 0) is 16.0 Å². The first-order chi connectivity index (χ1) is 16.4. The van der Waals surface area contributed by atoms with Crippen molar-refractivity contribution in [1.82, 2.24) is 0 Å². The van der Waals surface area contributed by atoms with Gasteiger partial charge in [0.05, 0.1) is 5.25 Å². The van der Waals surface area contributed by atoms with E-state index in [-0.39, 0.29) is 22.3 Å². The molecule has 0 aromatic heterocycles. The van der Waals surface area contributed by atoms with Crippen LogP contribution in [0, 0.1) is 24.1 Å². The molecule has 3 aromatic rings. The number of thioether (sulfide) groups is 1. The zero-order chi connectivity index (χ0) is 24.2. The van der Waals surface area contributed by atoms with Crippen molar-refractivity contribution in [1.29, 1.82) is 5.26 Å². The van der Waals surface area contributed by atoms with E-state index in [1.165, 1.54) is 28.8 Å². The van der Waals surface area contributed by atoms with Crippen molar-refractivity contribution >= 4 is 50.9 Å². The first kappa shape index (κ1) is 23.7. The van der Waals surface area contributed by atoms with Crippen molar-refractivity contribution in [2.45, 2.75) is 18.6 Å². The lowest BCUT2D eigenvalue weighted by molar-refractivity contribution is -0.117. The number of rotatable bonds is 5. The van der Waals surface area contributed by atoms with Gasteiger partial charge < -0.3 is 5.32 Å². The van der Waals surface area contributed by atoms with Gasteiger partial charge in [0.15, 0.2) is 0 Å². The minimum Gasteiger partial charge on any atom is -0.321 e. The van der Waals surface area contributed by atoms with E-state index in [2.05, 4.69) is 21.2 Å². The van der Waals surface area contributed by atoms with Crippen molar-refractivity contribution in [3.05, 3.63) is 105 Å². The van der Waals surface area contributed by atoms with E-state index in [0.29, 0.717) is 17.8 Å². The van der Waals surface area contributed by atoms with Gasteiger partial charge in [0.2, 0.25) is 5.91 Å². The Bertz CT molecular complexity index is 1300. The van der Waals surface area contributed by atoms with Crippen molar-refractivity contribution < 1.29 is 14.0 Å². The Morgan fingerprint density at radius 3 is 2.35 bits per heavy atom. The summed E-state index contributed by atoms with van der Waals surface area (Å²) >= 11 is 4.55. The maximum absolute atomic E-state index is 13.5. The van der Waals surface area contributed by atoms with Crippen molar-refractivity contribution in [2.75, 3.05) is 10.2 Å². The second kappa shape index (κ2) is 10.2. The minimum atomic E-state index is -0.591. The first-order valence-corrected chi connectivity index (χ1v) is 12.1. The Morgan fingerprint density at radius 1 is 1.09 bits per heavy atom. The van der Waals surface area contributed by atoms with Crippen LogP contribution in [-0.4, -0.2) is 17.1 Å². The molecule has 1 heterocycles. The number of nitrogens with one attached hydrogen (secondary N) is 1. The van der Waals surface area contributed by atoms with Gasteiger partial charge in [-0.3, -0.25) is 14.5 Å². The fraction of sp³-hybridized carbons (Fsp3) is 0.115. The minimum absolute atomic E-state index is 0.150. The highest BCUT2D eigenvalue weighted by Gasteiger charge is 2.40. The molecule has 1 unspecified atom stereocenters. The lowest BCUT2D eigenvalue weighted by atomic mass is 10.1. The summed E-state index contributed by atoms with van der Waals surface area (Å²) < 4.78 is 14.2. The molecule has 34 heavy (non-hydrogen) atoms. The fourth-order valence-electron chi connectivity index (χ4n) is 3.48. The van der Waals surface area contributed by atoms with Gasteiger partial charge in [0.25, 0.3) is 5.91 Å². The molecule has 4 rings (SSSR count). The lowest BCUT2D eigenvalue weighted by Gasteiger charge is -2.19. The summed E-state index contributed by atoms with van der Waals surface area (Å²) in [5.74, 6) is -1.19. The van der Waals surface area contributed by atoms with E-state index in [4.69, 9.17) is 0 Å². The second-order valence-electron chi connectivity index (χ2n) is 7.70. The number of halogens is 2. The van der Waals surface area contributed by atoms with Crippen LogP contribution >= 0.6 is 27.7 Å². The van der Waals surface area contributed by atoms with Crippen LogP contribution in [0.15, 0.2) is 87.9 Å². The Labute approximate surface area is 209 Å². The van der Waals surface area contributed by atoms with Crippen LogP contribution in [0.2, 0.25) is 0 Å². The lowest BCUT2D eigenvalue weighted by Crippen LogP contribution is -2.30. The Morgan fingerprint density at radius 2 is 1.74 bits per heavy atom. The normalized spacial score (nSPS) is 16.8. The molecule has 170 valence electrons. The monoisotopic (exact) mass is 535 g/mol. The number of nitriles is 1. The van der Waals surface area contributed by atoms with E-state index in [1.807, 2.05) is 25.1 Å². The Hall–Kier alpha value is -3.41. The predicted octanol–water partition coefficient (Wildman–Crippen LogP) is 5.96. The summed E-state index contributed by atoms with van der Waals surface area (Å²) in [5.41, 5.74) is 2.78. The maximum Gasteiger partial charge on any atom is 0.269 e. The molecule has 3 aromatic carbocycles. The number of carbonyl (C=O) groups excluding carboxylic acids is 2. The summed E-state index contributed by atoms with van der Waals surface area (Å²) in [5, 5.41) is 12.4. The Balaban J connectivity index is 1.71. The summed E-state index contributed by atoms with van der Waals surface area (Å²) in [6.45, 7) is 1.94. The molecule has 5 nitrogen and oxygen atoms in total. The topological polar surface area (TPSA) is 73.2 Å². The van der Waals surface area contributed by atoms with Gasteiger partial charge in [-0.2, -0.15) is 5.26 Å². The SMILES string of the molecule is Cc1ccc(NC(=O)C(C#N)=C2SC(Cc3ccc(F)cc3)C(=O)N2c2ccc(Br)cc2)cc1. The number of anilines is 2. The van der Waals surface area contributed by atoms with Crippen LogP contribution in [0.5, 0.6) is 0 Å². The highest BCUT2D eigenvalue weighted by atomic mass is 79.9. The smallest absolute Gasteiger partial charge is 0.269 e. The third kappa shape index (κ3) is 5.22. The van der Waals surface area contributed by atoms with Crippen LogP contribution in [0.3, 0.4) is 0 Å². The predicted molar refractivity (Wildman–Crippen MR) is 136 cm³/mol. The molecule has 0 bridgehead atoms. The number of amides is 2. The summed E-state index contributed by atoms with van der Waals surface area (Å²) in [6.07, 6.45) is 0.332. The van der Waals surface area contributed by atoms with Gasteiger partial charge in [0, 0.05) is 15.8 Å². The van der Waals surface area contributed by atoms with Crippen LogP contribution in [0.4, 0.5) is 15.8 Å². The van der Waals surface area contributed by atoms with Gasteiger partial charge in [-0.1, -0.05) is 57.5 Å². The molecule has 2 amide bonds. The number of hydrogen-bond acceptors (Lipinski definition) is 4. The van der Waals surface area contributed by atoms with Gasteiger partial charge in [-0.25, -0.2) is 4.39 Å². The third-order valence-electron chi connectivity index (χ3n) is 5.23. The second-order valence-corrected chi connectivity index (χ2v) is 9.81. The number of benzene rings is 3. The molecule has 0 spiro atoms. The van der Waals surface area contributed by atoms with Crippen molar-refractivity contribution in [2.24, 2.45) is 0 Å². The number of hydrogen-bond donors (Lipinski definition) is 1. The number of nitrogens with zero attached hydrogens (tertiary/aromatic N) is 2. The summed E-state index contributed by atoms with van der Waals surface area (Å²) in [7, 11) is 0. The molecule has 0 radical (unpaired) electrons. The molecule has 1 fully saturated rings. The molecule has 1 aliphatic heterocycles. The molecule has 0 saturated carbocycles. The average Bonchev–Trinajstić information content (AvgIpc) is 3.13. The third-order valence-corrected chi connectivity index (χ3v) is 7.03. The van der Waals surface area contributed by atoms with Crippen LogP contribution < -0.4 is 10.2 Å². The van der Waals surface area contributed by atoms with Gasteiger partial charge >= 0.3 is 0 Å². The van der Waals surface area contributed by atoms with E-state index in [0.717, 1.165) is 15.6 Å². The van der Waals surface area contributed by atoms with E-state index in [9.17, 15) is 19.2 Å². The quantitative estimate of drug-likeness (QED) is 0.323. The van der Waals surface area contributed by atoms with Crippen LogP contribution in [0.25, 0.3) is 0 Å². The van der Waals surface area contributed by atoms with E-state index >= 15 is 0 Å². The molecular formula is C26H19BrFN3O2S. The average molecular weight is 536 g/mol. The molecule has 0 aliphatic carbocycles. The number of carbonyl (C=O) groups is 2. The summed E-state index contributed by atoms with van der Waals surface area (Å²) in [6, 6.07) is 22.2. The zero-order valence-corrected chi connectivity index (χ0v) is 20.5. The zero-order valence-electron chi connectivity index (χ0n) is 18.1. The fourth-order valence-corrected chi connectivity index (χ4v) is 5.05. The van der Waals surface area contributed by atoms with Crippen molar-refractivity contribution in [3.8, 4) is 6.07 Å². The van der Waals surface area contributed by atoms with Gasteiger partial charge in [-0.05, 0) is 67.4 Å². The molecule has 1 N–H and O–H groups in total. The highest BCUT2D eigenvalue weighted by Crippen LogP contribution is 2.42. The van der Waals surface area contributed by atoms with Crippen molar-refractivity contribution in [3.63, 3.8) is 0 Å². The standard InChI is InChI=1S/C26H19BrFN3O2S/c1-16-2-10-20(11-3-16)30-24(32)22(15-29)26-31(21-12-6-18(27)7-13-21)25(33)23(34-26)14-17-4-8-19(28)9-5-17/h2-13,23H,14H2,1H3,(H,30,32). The molecule has 8 heteroatoms. The summed E-state index contributed by atoms with van der Waals surface area (Å²) in [4.78, 5) is 27.9. The largest absolute Gasteiger partial charge is 0.321 e. The maximum atomic E-state index is 13.5. The molecular weight excluding hydrogens is 517 g/mol. The van der Waals surface area contributed by atoms with E-state index < -0.39 is 11.2 Å². The molecule has 1 saturated heterocycles. The highest BCUT2D eigenvalue weighted by molar-refractivity contribution is 9.10. The first-order valence-electron chi connectivity index (χ1n) is 10.4. The van der Waals surface area contributed by atoms with Crippen LogP contribution in [0.1, 0.15) is 11.1 Å². The number of aryl methyl sites for hydroxylation is 1. The Kier molecular flexibility index (Phi) is 7.15.